The Kier molecular flexibility index (Phi) is 4.94. The van der Waals surface area contributed by atoms with Crippen molar-refractivity contribution in [3.05, 3.63) is 58.1 Å². The lowest BCUT2D eigenvalue weighted by Crippen LogP contribution is -2.31. The summed E-state index contributed by atoms with van der Waals surface area (Å²) in [6.45, 7) is 1.89. The summed E-state index contributed by atoms with van der Waals surface area (Å²) < 4.78 is 0. The van der Waals surface area contributed by atoms with E-state index in [4.69, 9.17) is 28.9 Å². The van der Waals surface area contributed by atoms with Gasteiger partial charge in [-0.2, -0.15) is 0 Å². The monoisotopic (exact) mass is 323 g/mol. The Morgan fingerprint density at radius 2 is 1.76 bits per heavy atom. The second kappa shape index (κ2) is 6.70. The van der Waals surface area contributed by atoms with Crippen molar-refractivity contribution in [1.29, 1.82) is 0 Å². The van der Waals surface area contributed by atoms with Gasteiger partial charge in [-0.25, -0.2) is 4.79 Å². The molecule has 2 aromatic rings. The summed E-state index contributed by atoms with van der Waals surface area (Å²) >= 11 is 11.7. The predicted molar refractivity (Wildman–Crippen MR) is 87.9 cm³/mol. The molecule has 0 radical (unpaired) electrons. The van der Waals surface area contributed by atoms with Crippen molar-refractivity contribution in [1.82, 2.24) is 5.32 Å². The smallest absolute Gasteiger partial charge is 0.319 e. The van der Waals surface area contributed by atoms with Crippen molar-refractivity contribution < 1.29 is 4.79 Å². The van der Waals surface area contributed by atoms with E-state index >= 15 is 0 Å². The van der Waals surface area contributed by atoms with Gasteiger partial charge in [0.15, 0.2) is 0 Å². The number of rotatable bonds is 3. The van der Waals surface area contributed by atoms with Crippen molar-refractivity contribution in [2.75, 3.05) is 11.1 Å². The standard InChI is InChI=1S/C15H15Cl2N3O/c1-9(10-2-4-11(18)5-3-10)19-15(21)20-12-6-7-13(16)14(17)8-12/h2-9H,18H2,1H3,(H2,19,20,21). The maximum atomic E-state index is 11.9. The first-order valence-electron chi connectivity index (χ1n) is 6.33. The predicted octanol–water partition coefficient (Wildman–Crippen LogP) is 4.46. The topological polar surface area (TPSA) is 67.2 Å². The number of carbonyl (C=O) groups excluding carboxylic acids is 1. The van der Waals surface area contributed by atoms with Crippen molar-refractivity contribution in [3.63, 3.8) is 0 Å². The Morgan fingerprint density at radius 3 is 2.38 bits per heavy atom. The molecular weight excluding hydrogens is 309 g/mol. The van der Waals surface area contributed by atoms with Crippen molar-refractivity contribution in [2.45, 2.75) is 13.0 Å². The molecule has 0 aliphatic rings. The van der Waals surface area contributed by atoms with Gasteiger partial charge in [0.2, 0.25) is 0 Å². The summed E-state index contributed by atoms with van der Waals surface area (Å²) in [5.74, 6) is 0. The number of hydrogen-bond donors (Lipinski definition) is 3. The van der Waals surface area contributed by atoms with Gasteiger partial charge >= 0.3 is 6.03 Å². The highest BCUT2D eigenvalue weighted by atomic mass is 35.5. The average Bonchev–Trinajstić information content (AvgIpc) is 2.43. The molecule has 0 aromatic heterocycles. The van der Waals surface area contributed by atoms with Gasteiger partial charge in [0, 0.05) is 11.4 Å². The van der Waals surface area contributed by atoms with Crippen LogP contribution in [0, 0.1) is 0 Å². The van der Waals surface area contributed by atoms with Gasteiger partial charge in [0.25, 0.3) is 0 Å². The van der Waals surface area contributed by atoms with Gasteiger partial charge in [-0.05, 0) is 42.8 Å². The molecule has 0 bridgehead atoms. The summed E-state index contributed by atoms with van der Waals surface area (Å²) in [6, 6.07) is 11.8. The first kappa shape index (κ1) is 15.5. The molecule has 2 amide bonds. The lowest BCUT2D eigenvalue weighted by atomic mass is 10.1. The number of nitrogens with two attached hydrogens (primary N) is 1. The van der Waals surface area contributed by atoms with Crippen LogP contribution in [0.5, 0.6) is 0 Å². The molecule has 0 spiro atoms. The fourth-order valence-electron chi connectivity index (χ4n) is 1.81. The number of amides is 2. The molecule has 4 N–H and O–H groups in total. The van der Waals surface area contributed by atoms with E-state index in [1.807, 2.05) is 19.1 Å². The van der Waals surface area contributed by atoms with E-state index in [1.54, 1.807) is 30.3 Å². The molecule has 0 saturated carbocycles. The number of benzene rings is 2. The molecule has 0 saturated heterocycles. The van der Waals surface area contributed by atoms with Crippen LogP contribution < -0.4 is 16.4 Å². The highest BCUT2D eigenvalue weighted by Crippen LogP contribution is 2.25. The Bertz CT molecular complexity index is 644. The fraction of sp³-hybridized carbons (Fsp3) is 0.133. The minimum Gasteiger partial charge on any atom is -0.399 e. The largest absolute Gasteiger partial charge is 0.399 e. The SMILES string of the molecule is CC(NC(=O)Nc1ccc(Cl)c(Cl)c1)c1ccc(N)cc1. The summed E-state index contributed by atoms with van der Waals surface area (Å²) in [5, 5.41) is 6.37. The number of halogens is 2. The molecule has 0 aliphatic heterocycles. The second-order valence-electron chi connectivity index (χ2n) is 4.62. The summed E-state index contributed by atoms with van der Waals surface area (Å²) in [7, 11) is 0. The molecule has 110 valence electrons. The van der Waals surface area contributed by atoms with Crippen LogP contribution in [-0.2, 0) is 0 Å². The zero-order valence-electron chi connectivity index (χ0n) is 11.4. The van der Waals surface area contributed by atoms with Gasteiger partial charge in [-0.1, -0.05) is 35.3 Å². The number of hydrogen-bond acceptors (Lipinski definition) is 2. The van der Waals surface area contributed by atoms with Crippen LogP contribution >= 0.6 is 23.2 Å². The van der Waals surface area contributed by atoms with E-state index in [1.165, 1.54) is 0 Å². The summed E-state index contributed by atoms with van der Waals surface area (Å²) in [4.78, 5) is 11.9. The van der Waals surface area contributed by atoms with E-state index in [0.29, 0.717) is 21.4 Å². The zero-order valence-corrected chi connectivity index (χ0v) is 12.9. The minimum absolute atomic E-state index is 0.145. The highest BCUT2D eigenvalue weighted by molar-refractivity contribution is 6.42. The van der Waals surface area contributed by atoms with Crippen LogP contribution in [0.25, 0.3) is 0 Å². The summed E-state index contributed by atoms with van der Waals surface area (Å²) in [5.41, 5.74) is 7.86. The van der Waals surface area contributed by atoms with E-state index < -0.39 is 0 Å². The number of nitrogen functional groups attached to an aromatic ring is 1. The molecule has 1 unspecified atom stereocenters. The molecule has 4 nitrogen and oxygen atoms in total. The summed E-state index contributed by atoms with van der Waals surface area (Å²) in [6.07, 6.45) is 0. The minimum atomic E-state index is -0.322. The molecule has 0 aliphatic carbocycles. The number of carbonyl (C=O) groups is 1. The fourth-order valence-corrected chi connectivity index (χ4v) is 2.10. The molecule has 2 rings (SSSR count). The molecule has 0 heterocycles. The quantitative estimate of drug-likeness (QED) is 0.730. The third kappa shape index (κ3) is 4.28. The van der Waals surface area contributed by atoms with E-state index in [0.717, 1.165) is 5.56 Å². The van der Waals surface area contributed by atoms with Crippen LogP contribution in [0.4, 0.5) is 16.2 Å². The highest BCUT2D eigenvalue weighted by Gasteiger charge is 2.10. The Morgan fingerprint density at radius 1 is 1.10 bits per heavy atom. The maximum absolute atomic E-state index is 11.9. The van der Waals surface area contributed by atoms with Gasteiger partial charge in [0.1, 0.15) is 0 Å². The first-order chi connectivity index (χ1) is 9.95. The van der Waals surface area contributed by atoms with E-state index in [2.05, 4.69) is 10.6 Å². The second-order valence-corrected chi connectivity index (χ2v) is 5.43. The number of nitrogens with one attached hydrogen (secondary N) is 2. The third-order valence-corrected chi connectivity index (χ3v) is 3.70. The molecule has 2 aromatic carbocycles. The number of anilines is 2. The third-order valence-electron chi connectivity index (χ3n) is 2.96. The molecule has 0 fully saturated rings. The van der Waals surface area contributed by atoms with Crippen LogP contribution in [0.1, 0.15) is 18.5 Å². The lowest BCUT2D eigenvalue weighted by Gasteiger charge is -2.15. The Labute approximate surface area is 133 Å². The van der Waals surface area contributed by atoms with Gasteiger partial charge in [0.05, 0.1) is 16.1 Å². The van der Waals surface area contributed by atoms with Gasteiger partial charge < -0.3 is 16.4 Å². The van der Waals surface area contributed by atoms with Crippen molar-refractivity contribution in [2.24, 2.45) is 0 Å². The molecule has 6 heteroatoms. The maximum Gasteiger partial charge on any atom is 0.319 e. The zero-order chi connectivity index (χ0) is 15.4. The normalized spacial score (nSPS) is 11.8. The van der Waals surface area contributed by atoms with E-state index in [9.17, 15) is 4.79 Å². The van der Waals surface area contributed by atoms with Crippen LogP contribution in [0.3, 0.4) is 0 Å². The van der Waals surface area contributed by atoms with Crippen LogP contribution in [0.2, 0.25) is 10.0 Å². The number of urea groups is 1. The average molecular weight is 324 g/mol. The van der Waals surface area contributed by atoms with Crippen LogP contribution in [0.15, 0.2) is 42.5 Å². The first-order valence-corrected chi connectivity index (χ1v) is 7.09. The molecular formula is C15H15Cl2N3O. The van der Waals surface area contributed by atoms with Crippen LogP contribution in [-0.4, -0.2) is 6.03 Å². The van der Waals surface area contributed by atoms with Gasteiger partial charge in [-0.15, -0.1) is 0 Å². The van der Waals surface area contributed by atoms with Crippen molar-refractivity contribution >= 4 is 40.6 Å². The van der Waals surface area contributed by atoms with Gasteiger partial charge in [-0.3, -0.25) is 0 Å². The Hall–Kier alpha value is -1.91. The van der Waals surface area contributed by atoms with Crippen molar-refractivity contribution in [3.8, 4) is 0 Å². The Balaban J connectivity index is 1.97. The van der Waals surface area contributed by atoms with E-state index in [-0.39, 0.29) is 12.1 Å². The molecule has 1 atom stereocenters. The molecule has 21 heavy (non-hydrogen) atoms. The lowest BCUT2D eigenvalue weighted by molar-refractivity contribution is 0.249.